The molecular weight excluding hydrogens is 252 g/mol. The van der Waals surface area contributed by atoms with Gasteiger partial charge in [0.15, 0.2) is 11.5 Å². The highest BCUT2D eigenvalue weighted by atomic mass is 16.3. The van der Waals surface area contributed by atoms with E-state index in [-0.39, 0.29) is 0 Å². The van der Waals surface area contributed by atoms with Gasteiger partial charge in [-0.05, 0) is 30.3 Å². The number of oxazole rings is 1. The first-order chi connectivity index (χ1) is 9.78. The minimum absolute atomic E-state index is 0.667. The molecule has 0 aliphatic carbocycles. The largest absolute Gasteiger partial charge is 0.441 e. The summed E-state index contributed by atoms with van der Waals surface area (Å²) in [5, 5.41) is 3.25. The Morgan fingerprint density at radius 1 is 1.05 bits per heavy atom. The van der Waals surface area contributed by atoms with Crippen LogP contribution in [0.5, 0.6) is 0 Å². The van der Waals surface area contributed by atoms with E-state index >= 15 is 0 Å². The third kappa shape index (κ3) is 1.80. The molecule has 2 heterocycles. The first kappa shape index (κ1) is 11.0. The standard InChI is InChI=1S/C15H12N4O/c1-9-16-13-8-10(6-7-14(13)20-9)17-15-18-11-4-2-3-5-12(11)19-15/h2-8H,1H3,(H2,17,18,19). The number of nitrogens with one attached hydrogen (secondary N) is 2. The fraction of sp³-hybridized carbons (Fsp3) is 0.0667. The number of aryl methyl sites for hydroxylation is 1. The van der Waals surface area contributed by atoms with E-state index in [1.54, 1.807) is 0 Å². The minimum atomic E-state index is 0.667. The molecule has 0 radical (unpaired) electrons. The van der Waals surface area contributed by atoms with Crippen molar-refractivity contribution in [2.24, 2.45) is 0 Å². The van der Waals surface area contributed by atoms with Gasteiger partial charge in [-0.3, -0.25) is 0 Å². The maximum atomic E-state index is 5.46. The molecule has 0 spiro atoms. The second-order valence-electron chi connectivity index (χ2n) is 4.64. The van der Waals surface area contributed by atoms with Crippen LogP contribution in [0.15, 0.2) is 46.9 Å². The third-order valence-corrected chi connectivity index (χ3v) is 3.15. The Kier molecular flexibility index (Phi) is 2.26. The lowest BCUT2D eigenvalue weighted by Gasteiger charge is -2.01. The van der Waals surface area contributed by atoms with Crippen LogP contribution in [0.2, 0.25) is 0 Å². The van der Waals surface area contributed by atoms with Crippen LogP contribution in [-0.2, 0) is 0 Å². The van der Waals surface area contributed by atoms with E-state index in [0.717, 1.165) is 27.8 Å². The lowest BCUT2D eigenvalue weighted by Crippen LogP contribution is -1.91. The molecule has 0 saturated heterocycles. The second-order valence-corrected chi connectivity index (χ2v) is 4.64. The lowest BCUT2D eigenvalue weighted by molar-refractivity contribution is 0.561. The zero-order valence-electron chi connectivity index (χ0n) is 10.8. The van der Waals surface area contributed by atoms with Gasteiger partial charge in [0.05, 0.1) is 11.0 Å². The maximum Gasteiger partial charge on any atom is 0.205 e. The smallest absolute Gasteiger partial charge is 0.205 e. The molecule has 0 aliphatic heterocycles. The third-order valence-electron chi connectivity index (χ3n) is 3.15. The fourth-order valence-electron chi connectivity index (χ4n) is 2.27. The molecule has 5 nitrogen and oxygen atoms in total. The van der Waals surface area contributed by atoms with E-state index in [1.165, 1.54) is 0 Å². The van der Waals surface area contributed by atoms with Gasteiger partial charge in [-0.2, -0.15) is 0 Å². The van der Waals surface area contributed by atoms with Crippen LogP contribution >= 0.6 is 0 Å². The summed E-state index contributed by atoms with van der Waals surface area (Å²) in [6.07, 6.45) is 0. The molecule has 0 amide bonds. The number of H-pyrrole nitrogens is 1. The number of nitrogens with zero attached hydrogens (tertiary/aromatic N) is 2. The number of rotatable bonds is 2. The molecule has 4 aromatic rings. The Hall–Kier alpha value is -2.82. The Morgan fingerprint density at radius 3 is 2.85 bits per heavy atom. The number of aromatic amines is 1. The van der Waals surface area contributed by atoms with Gasteiger partial charge in [-0.15, -0.1) is 0 Å². The molecule has 0 atom stereocenters. The Labute approximate surface area is 114 Å². The molecule has 0 saturated carbocycles. The van der Waals surface area contributed by atoms with Crippen molar-refractivity contribution in [3.8, 4) is 0 Å². The zero-order chi connectivity index (χ0) is 13.5. The number of anilines is 2. The summed E-state index contributed by atoms with van der Waals surface area (Å²) in [5.41, 5.74) is 4.49. The van der Waals surface area contributed by atoms with Gasteiger partial charge < -0.3 is 14.7 Å². The molecule has 0 unspecified atom stereocenters. The van der Waals surface area contributed by atoms with Crippen molar-refractivity contribution < 1.29 is 4.42 Å². The van der Waals surface area contributed by atoms with E-state index in [1.807, 2.05) is 49.4 Å². The number of hydrogen-bond acceptors (Lipinski definition) is 4. The SMILES string of the molecule is Cc1nc2cc(Nc3nc4ccccc4[nH]3)ccc2o1. The number of benzene rings is 2. The van der Waals surface area contributed by atoms with E-state index in [4.69, 9.17) is 4.42 Å². The number of aromatic nitrogens is 3. The zero-order valence-corrected chi connectivity index (χ0v) is 10.8. The molecule has 2 aromatic heterocycles. The molecule has 20 heavy (non-hydrogen) atoms. The van der Waals surface area contributed by atoms with Crippen LogP contribution < -0.4 is 5.32 Å². The molecule has 0 aliphatic rings. The van der Waals surface area contributed by atoms with Crippen molar-refractivity contribution in [3.63, 3.8) is 0 Å². The Balaban J connectivity index is 1.72. The van der Waals surface area contributed by atoms with Gasteiger partial charge in [0.2, 0.25) is 5.95 Å². The monoisotopic (exact) mass is 264 g/mol. The van der Waals surface area contributed by atoms with Crippen LogP contribution in [0.25, 0.3) is 22.1 Å². The first-order valence-electron chi connectivity index (χ1n) is 6.37. The molecule has 4 rings (SSSR count). The van der Waals surface area contributed by atoms with E-state index in [9.17, 15) is 0 Å². The van der Waals surface area contributed by atoms with E-state index in [2.05, 4.69) is 20.3 Å². The first-order valence-corrected chi connectivity index (χ1v) is 6.37. The van der Waals surface area contributed by atoms with Crippen LogP contribution in [0.4, 0.5) is 11.6 Å². The van der Waals surface area contributed by atoms with Gasteiger partial charge in [0.1, 0.15) is 5.52 Å². The fourth-order valence-corrected chi connectivity index (χ4v) is 2.27. The number of hydrogen-bond donors (Lipinski definition) is 2. The highest BCUT2D eigenvalue weighted by Gasteiger charge is 2.05. The highest BCUT2D eigenvalue weighted by molar-refractivity contribution is 5.81. The quantitative estimate of drug-likeness (QED) is 0.578. The second kappa shape index (κ2) is 4.09. The normalized spacial score (nSPS) is 11.2. The lowest BCUT2D eigenvalue weighted by atomic mass is 10.3. The number of fused-ring (bicyclic) bond motifs is 2. The van der Waals surface area contributed by atoms with Gasteiger partial charge in [0.25, 0.3) is 0 Å². The summed E-state index contributed by atoms with van der Waals surface area (Å²) in [6, 6.07) is 13.7. The van der Waals surface area contributed by atoms with E-state index in [0.29, 0.717) is 11.8 Å². The van der Waals surface area contributed by atoms with Crippen LogP contribution in [0, 0.1) is 6.92 Å². The van der Waals surface area contributed by atoms with Crippen molar-refractivity contribution in [3.05, 3.63) is 48.4 Å². The van der Waals surface area contributed by atoms with Crippen molar-refractivity contribution in [1.82, 2.24) is 15.0 Å². The predicted octanol–water partition coefficient (Wildman–Crippen LogP) is 3.76. The Morgan fingerprint density at radius 2 is 1.95 bits per heavy atom. The summed E-state index contributed by atoms with van der Waals surface area (Å²) in [6.45, 7) is 1.84. The Bertz CT molecular complexity index is 873. The van der Waals surface area contributed by atoms with Gasteiger partial charge in [0, 0.05) is 12.6 Å². The van der Waals surface area contributed by atoms with Crippen LogP contribution in [0.3, 0.4) is 0 Å². The van der Waals surface area contributed by atoms with Crippen LogP contribution in [0.1, 0.15) is 5.89 Å². The van der Waals surface area contributed by atoms with Crippen molar-refractivity contribution >= 4 is 33.8 Å². The molecule has 2 N–H and O–H groups in total. The van der Waals surface area contributed by atoms with Gasteiger partial charge >= 0.3 is 0 Å². The summed E-state index contributed by atoms with van der Waals surface area (Å²) in [7, 11) is 0. The number of imidazole rings is 1. The summed E-state index contributed by atoms with van der Waals surface area (Å²) < 4.78 is 5.46. The van der Waals surface area contributed by atoms with Gasteiger partial charge in [-0.25, -0.2) is 9.97 Å². The van der Waals surface area contributed by atoms with E-state index < -0.39 is 0 Å². The average Bonchev–Trinajstić information content (AvgIpc) is 2.99. The highest BCUT2D eigenvalue weighted by Crippen LogP contribution is 2.22. The maximum absolute atomic E-state index is 5.46. The molecule has 0 bridgehead atoms. The van der Waals surface area contributed by atoms with Crippen molar-refractivity contribution in [1.29, 1.82) is 0 Å². The molecule has 0 fully saturated rings. The molecule has 98 valence electrons. The summed E-state index contributed by atoms with van der Waals surface area (Å²) in [5.74, 6) is 1.38. The summed E-state index contributed by atoms with van der Waals surface area (Å²) in [4.78, 5) is 12.0. The van der Waals surface area contributed by atoms with Crippen molar-refractivity contribution in [2.75, 3.05) is 5.32 Å². The molecule has 5 heteroatoms. The summed E-state index contributed by atoms with van der Waals surface area (Å²) >= 11 is 0. The van der Waals surface area contributed by atoms with Crippen molar-refractivity contribution in [2.45, 2.75) is 6.92 Å². The topological polar surface area (TPSA) is 66.7 Å². The number of para-hydroxylation sites is 2. The predicted molar refractivity (Wildman–Crippen MR) is 78.1 cm³/mol. The van der Waals surface area contributed by atoms with Crippen LogP contribution in [-0.4, -0.2) is 15.0 Å². The minimum Gasteiger partial charge on any atom is -0.441 e. The van der Waals surface area contributed by atoms with Gasteiger partial charge in [-0.1, -0.05) is 12.1 Å². The molecular formula is C15H12N4O. The molecule has 2 aromatic carbocycles. The average molecular weight is 264 g/mol.